The summed E-state index contributed by atoms with van der Waals surface area (Å²) in [5.74, 6) is -0.421. The molecule has 1 aromatic carbocycles. The van der Waals surface area contributed by atoms with E-state index in [0.717, 1.165) is 19.3 Å². The van der Waals surface area contributed by atoms with E-state index < -0.39 is 6.04 Å². The maximum Gasteiger partial charge on any atom is 0.251 e. The maximum absolute atomic E-state index is 12.4. The molecule has 0 bridgehead atoms. The number of carbonyl (C=O) groups is 2. The molecule has 2 amide bonds. The number of nitrogens with zero attached hydrogens (tertiary/aromatic N) is 1. The number of nitrogens with two attached hydrogens (primary N) is 2. The molecule has 0 aliphatic rings. The zero-order valence-corrected chi connectivity index (χ0v) is 14.8. The van der Waals surface area contributed by atoms with E-state index in [9.17, 15) is 9.59 Å². The molecular formula is C18H29N5O2. The Morgan fingerprint density at radius 3 is 2.48 bits per heavy atom. The lowest BCUT2D eigenvalue weighted by Crippen LogP contribution is -2.47. The molecule has 0 aliphatic heterocycles. The zero-order valence-electron chi connectivity index (χ0n) is 14.8. The minimum atomic E-state index is -0.608. The number of guanidine groups is 1. The van der Waals surface area contributed by atoms with E-state index in [-0.39, 0.29) is 17.8 Å². The highest BCUT2D eigenvalue weighted by atomic mass is 16.2. The standard InChI is InChI=1S/C18H29N5O2/c1-2-3-7-12-21-17(25)15(11-8-13-22-18(19)20)23-16(24)14-9-5-4-6-10-14/h4-6,9-10,15H,2-3,7-8,11-13H2,1H3,(H,21,25)(H,23,24)(H4,19,20,22)/t15-/m0/s1. The second-order valence-electron chi connectivity index (χ2n) is 5.84. The minimum Gasteiger partial charge on any atom is -0.370 e. The van der Waals surface area contributed by atoms with Crippen LogP contribution in [0, 0.1) is 0 Å². The first-order chi connectivity index (χ1) is 12.0. The van der Waals surface area contributed by atoms with Crippen molar-refractivity contribution in [1.29, 1.82) is 0 Å². The Labute approximate surface area is 149 Å². The summed E-state index contributed by atoms with van der Waals surface area (Å²) in [6.07, 6.45) is 4.14. The van der Waals surface area contributed by atoms with Crippen LogP contribution in [0.1, 0.15) is 49.4 Å². The summed E-state index contributed by atoms with van der Waals surface area (Å²) < 4.78 is 0. The van der Waals surface area contributed by atoms with Crippen LogP contribution in [0.15, 0.2) is 35.3 Å². The third kappa shape index (κ3) is 8.74. The van der Waals surface area contributed by atoms with Gasteiger partial charge < -0.3 is 22.1 Å². The van der Waals surface area contributed by atoms with E-state index in [1.54, 1.807) is 24.3 Å². The predicted octanol–water partition coefficient (Wildman–Crippen LogP) is 1.15. The van der Waals surface area contributed by atoms with Crippen molar-refractivity contribution in [3.8, 4) is 0 Å². The van der Waals surface area contributed by atoms with Gasteiger partial charge >= 0.3 is 0 Å². The summed E-state index contributed by atoms with van der Waals surface area (Å²) in [6.45, 7) is 3.13. The van der Waals surface area contributed by atoms with Gasteiger partial charge in [-0.05, 0) is 31.4 Å². The Bertz CT molecular complexity index is 556. The lowest BCUT2D eigenvalue weighted by atomic mass is 10.1. The van der Waals surface area contributed by atoms with Crippen LogP contribution in [-0.4, -0.2) is 36.9 Å². The summed E-state index contributed by atoms with van der Waals surface area (Å²) in [7, 11) is 0. The molecule has 1 atom stereocenters. The van der Waals surface area contributed by atoms with Gasteiger partial charge in [-0.15, -0.1) is 0 Å². The van der Waals surface area contributed by atoms with E-state index >= 15 is 0 Å². The van der Waals surface area contributed by atoms with Crippen LogP contribution in [0.4, 0.5) is 0 Å². The summed E-state index contributed by atoms with van der Waals surface area (Å²) in [6, 6.07) is 8.23. The molecule has 25 heavy (non-hydrogen) atoms. The zero-order chi connectivity index (χ0) is 18.5. The SMILES string of the molecule is CCCCCNC(=O)[C@H](CCCN=C(N)N)NC(=O)c1ccccc1. The topological polar surface area (TPSA) is 123 Å². The number of rotatable bonds is 11. The fourth-order valence-electron chi connectivity index (χ4n) is 2.31. The smallest absolute Gasteiger partial charge is 0.251 e. The summed E-state index contributed by atoms with van der Waals surface area (Å²) in [5.41, 5.74) is 11.1. The molecule has 0 radical (unpaired) electrons. The van der Waals surface area contributed by atoms with E-state index in [0.29, 0.717) is 31.5 Å². The molecule has 0 heterocycles. The van der Waals surface area contributed by atoms with Gasteiger partial charge in [-0.25, -0.2) is 0 Å². The number of aliphatic imine (C=N–C) groups is 1. The van der Waals surface area contributed by atoms with E-state index in [1.165, 1.54) is 0 Å². The highest BCUT2D eigenvalue weighted by Crippen LogP contribution is 2.04. The van der Waals surface area contributed by atoms with Gasteiger partial charge in [-0.2, -0.15) is 0 Å². The normalized spacial score (nSPS) is 11.4. The average molecular weight is 347 g/mol. The van der Waals surface area contributed by atoms with Crippen molar-refractivity contribution in [2.75, 3.05) is 13.1 Å². The van der Waals surface area contributed by atoms with Gasteiger partial charge in [0.1, 0.15) is 6.04 Å². The van der Waals surface area contributed by atoms with Crippen molar-refractivity contribution in [2.24, 2.45) is 16.5 Å². The van der Waals surface area contributed by atoms with Crippen LogP contribution in [-0.2, 0) is 4.79 Å². The third-order valence-electron chi connectivity index (χ3n) is 3.68. The van der Waals surface area contributed by atoms with Crippen LogP contribution in [0.25, 0.3) is 0 Å². The average Bonchev–Trinajstić information content (AvgIpc) is 2.61. The van der Waals surface area contributed by atoms with Crippen LogP contribution in [0.2, 0.25) is 0 Å². The van der Waals surface area contributed by atoms with Crippen LogP contribution >= 0.6 is 0 Å². The highest BCUT2D eigenvalue weighted by Gasteiger charge is 2.20. The molecule has 7 heteroatoms. The molecule has 0 fully saturated rings. The number of hydrogen-bond donors (Lipinski definition) is 4. The van der Waals surface area contributed by atoms with Gasteiger partial charge in [-0.3, -0.25) is 14.6 Å². The number of nitrogens with one attached hydrogen (secondary N) is 2. The molecule has 0 spiro atoms. The van der Waals surface area contributed by atoms with E-state index in [2.05, 4.69) is 22.5 Å². The third-order valence-corrected chi connectivity index (χ3v) is 3.68. The van der Waals surface area contributed by atoms with Gasteiger partial charge in [-0.1, -0.05) is 38.0 Å². The molecular weight excluding hydrogens is 318 g/mol. The van der Waals surface area contributed by atoms with E-state index in [1.807, 2.05) is 6.07 Å². The molecule has 0 unspecified atom stereocenters. The van der Waals surface area contributed by atoms with E-state index in [4.69, 9.17) is 11.5 Å². The molecule has 1 rings (SSSR count). The summed E-state index contributed by atoms with van der Waals surface area (Å²) in [5, 5.41) is 5.69. The second kappa shape index (κ2) is 11.9. The van der Waals surface area contributed by atoms with Crippen molar-refractivity contribution in [3.63, 3.8) is 0 Å². The highest BCUT2D eigenvalue weighted by molar-refractivity contribution is 5.97. The van der Waals surface area contributed by atoms with Gasteiger partial charge in [0.2, 0.25) is 5.91 Å². The first-order valence-electron chi connectivity index (χ1n) is 8.73. The van der Waals surface area contributed by atoms with Crippen molar-refractivity contribution < 1.29 is 9.59 Å². The van der Waals surface area contributed by atoms with Crippen molar-refractivity contribution >= 4 is 17.8 Å². The van der Waals surface area contributed by atoms with Gasteiger partial charge in [0.05, 0.1) is 0 Å². The van der Waals surface area contributed by atoms with Gasteiger partial charge in [0, 0.05) is 18.7 Å². The number of unbranched alkanes of at least 4 members (excludes halogenated alkanes) is 2. The summed E-state index contributed by atoms with van der Waals surface area (Å²) in [4.78, 5) is 28.6. The number of hydrogen-bond acceptors (Lipinski definition) is 3. The quantitative estimate of drug-likeness (QED) is 0.272. The Kier molecular flexibility index (Phi) is 9.74. The van der Waals surface area contributed by atoms with Crippen LogP contribution < -0.4 is 22.1 Å². The molecule has 0 aliphatic carbocycles. The largest absolute Gasteiger partial charge is 0.370 e. The fraction of sp³-hybridized carbons (Fsp3) is 0.500. The Hall–Kier alpha value is -2.57. The van der Waals surface area contributed by atoms with Crippen LogP contribution in [0.5, 0.6) is 0 Å². The second-order valence-corrected chi connectivity index (χ2v) is 5.84. The Morgan fingerprint density at radius 2 is 1.84 bits per heavy atom. The molecule has 7 nitrogen and oxygen atoms in total. The maximum atomic E-state index is 12.4. The molecule has 1 aromatic rings. The van der Waals surface area contributed by atoms with Crippen molar-refractivity contribution in [2.45, 2.75) is 45.1 Å². The molecule has 0 saturated heterocycles. The Morgan fingerprint density at radius 1 is 1.12 bits per heavy atom. The molecule has 0 saturated carbocycles. The lowest BCUT2D eigenvalue weighted by Gasteiger charge is -2.18. The number of amides is 2. The molecule has 138 valence electrons. The number of benzene rings is 1. The fourth-order valence-corrected chi connectivity index (χ4v) is 2.31. The minimum absolute atomic E-state index is 0.0221. The van der Waals surface area contributed by atoms with Gasteiger partial charge in [0.15, 0.2) is 5.96 Å². The van der Waals surface area contributed by atoms with Crippen molar-refractivity contribution in [1.82, 2.24) is 10.6 Å². The van der Waals surface area contributed by atoms with Gasteiger partial charge in [0.25, 0.3) is 5.91 Å². The number of carbonyl (C=O) groups excluding carboxylic acids is 2. The predicted molar refractivity (Wildman–Crippen MR) is 100 cm³/mol. The molecule has 0 aromatic heterocycles. The lowest BCUT2D eigenvalue weighted by molar-refractivity contribution is -0.123. The monoisotopic (exact) mass is 347 g/mol. The van der Waals surface area contributed by atoms with Crippen molar-refractivity contribution in [3.05, 3.63) is 35.9 Å². The Balaban J connectivity index is 2.61. The summed E-state index contributed by atoms with van der Waals surface area (Å²) >= 11 is 0. The molecule has 6 N–H and O–H groups in total. The first-order valence-corrected chi connectivity index (χ1v) is 8.73. The first kappa shape index (κ1) is 20.5. The van der Waals surface area contributed by atoms with Crippen LogP contribution in [0.3, 0.4) is 0 Å².